The van der Waals surface area contributed by atoms with Crippen LogP contribution in [0.25, 0.3) is 0 Å². The van der Waals surface area contributed by atoms with Gasteiger partial charge in [0, 0.05) is 13.0 Å². The summed E-state index contributed by atoms with van der Waals surface area (Å²) in [7, 11) is 0. The molecule has 2 aliphatic rings. The molecule has 0 radical (unpaired) electrons. The Bertz CT molecular complexity index is 525. The van der Waals surface area contributed by atoms with Gasteiger partial charge >= 0.3 is 0 Å². The highest BCUT2D eigenvalue weighted by molar-refractivity contribution is 6.33. The van der Waals surface area contributed by atoms with Crippen LogP contribution in [0.3, 0.4) is 0 Å². The highest BCUT2D eigenvalue weighted by Crippen LogP contribution is 2.46. The number of nitrogens with zero attached hydrogens (tertiary/aromatic N) is 1. The third kappa shape index (κ3) is 2.56. The molecule has 1 heterocycles. The molecule has 1 aliphatic carbocycles. The maximum atomic E-state index is 13.1. The number of amides is 1. The Morgan fingerprint density at radius 3 is 2.55 bits per heavy atom. The Kier molecular flexibility index (Phi) is 3.72. The van der Waals surface area contributed by atoms with Crippen LogP contribution in [0, 0.1) is 11.2 Å². The van der Waals surface area contributed by atoms with Gasteiger partial charge in [-0.05, 0) is 42.9 Å². The minimum Gasteiger partial charge on any atom is -0.311 e. The molecule has 3 rings (SSSR count). The summed E-state index contributed by atoms with van der Waals surface area (Å²) in [4.78, 5) is 14.2. The van der Waals surface area contributed by atoms with E-state index in [1.807, 2.05) is 0 Å². The van der Waals surface area contributed by atoms with Crippen molar-refractivity contribution in [2.75, 3.05) is 11.4 Å². The molecule has 0 bridgehead atoms. The van der Waals surface area contributed by atoms with Gasteiger partial charge in [0.15, 0.2) is 0 Å². The third-order valence-corrected chi connectivity index (χ3v) is 5.11. The Balaban J connectivity index is 1.79. The van der Waals surface area contributed by atoms with Crippen molar-refractivity contribution in [3.63, 3.8) is 0 Å². The lowest BCUT2D eigenvalue weighted by atomic mass is 9.68. The van der Waals surface area contributed by atoms with Crippen LogP contribution in [0.15, 0.2) is 18.2 Å². The first-order valence-electron chi connectivity index (χ1n) is 7.35. The molecule has 20 heavy (non-hydrogen) atoms. The van der Waals surface area contributed by atoms with Crippen LogP contribution < -0.4 is 4.90 Å². The summed E-state index contributed by atoms with van der Waals surface area (Å²) in [6.07, 6.45) is 7.76. The fourth-order valence-corrected chi connectivity index (χ4v) is 3.93. The zero-order valence-electron chi connectivity index (χ0n) is 11.5. The number of benzene rings is 1. The fourth-order valence-electron chi connectivity index (χ4n) is 3.66. The van der Waals surface area contributed by atoms with E-state index in [4.69, 9.17) is 11.6 Å². The number of hydrogen-bond acceptors (Lipinski definition) is 1. The number of rotatable bonds is 1. The third-order valence-electron chi connectivity index (χ3n) is 4.81. The molecule has 0 unspecified atom stereocenters. The second-order valence-corrected chi connectivity index (χ2v) is 6.54. The number of piperidine rings is 1. The normalized spacial score (nSPS) is 22.3. The van der Waals surface area contributed by atoms with E-state index in [1.165, 1.54) is 44.2 Å². The molecule has 0 aromatic heterocycles. The van der Waals surface area contributed by atoms with Gasteiger partial charge in [0.05, 0.1) is 10.7 Å². The maximum absolute atomic E-state index is 13.1. The fraction of sp³-hybridized carbons (Fsp3) is 0.562. The van der Waals surface area contributed by atoms with Crippen molar-refractivity contribution >= 4 is 23.2 Å². The summed E-state index contributed by atoms with van der Waals surface area (Å²) in [5, 5.41) is 0.318. The molecule has 1 aromatic carbocycles. The molecule has 2 nitrogen and oxygen atoms in total. The Hall–Kier alpha value is -1.09. The molecule has 0 atom stereocenters. The first-order chi connectivity index (χ1) is 9.60. The minimum absolute atomic E-state index is 0.131. The number of halogens is 2. The van der Waals surface area contributed by atoms with Gasteiger partial charge in [-0.1, -0.05) is 30.9 Å². The van der Waals surface area contributed by atoms with E-state index in [2.05, 4.69) is 0 Å². The number of anilines is 1. The van der Waals surface area contributed by atoms with Crippen molar-refractivity contribution in [1.82, 2.24) is 0 Å². The topological polar surface area (TPSA) is 20.3 Å². The predicted molar refractivity (Wildman–Crippen MR) is 78.5 cm³/mol. The number of carbonyl (C=O) groups excluding carboxylic acids is 1. The van der Waals surface area contributed by atoms with Crippen molar-refractivity contribution in [1.29, 1.82) is 0 Å². The minimum atomic E-state index is -0.369. The van der Waals surface area contributed by atoms with Gasteiger partial charge < -0.3 is 4.90 Å². The van der Waals surface area contributed by atoms with E-state index in [1.54, 1.807) is 11.0 Å². The van der Waals surface area contributed by atoms with Gasteiger partial charge in [-0.3, -0.25) is 4.79 Å². The molecular weight excluding hydrogens is 277 g/mol. The van der Waals surface area contributed by atoms with Gasteiger partial charge in [-0.15, -0.1) is 0 Å². The first-order valence-corrected chi connectivity index (χ1v) is 7.73. The SMILES string of the molecule is O=C1CC2(CCCCC2)CCN1c1ccc(F)cc1Cl. The average molecular weight is 296 g/mol. The summed E-state index contributed by atoms with van der Waals surface area (Å²) in [5.41, 5.74) is 0.863. The van der Waals surface area contributed by atoms with Crippen molar-refractivity contribution < 1.29 is 9.18 Å². The monoisotopic (exact) mass is 295 g/mol. The molecule has 2 fully saturated rings. The first kappa shape index (κ1) is 13.9. The van der Waals surface area contributed by atoms with E-state index in [0.29, 0.717) is 23.7 Å². The summed E-state index contributed by atoms with van der Waals surface area (Å²) < 4.78 is 13.1. The molecule has 1 amide bonds. The van der Waals surface area contributed by atoms with E-state index in [9.17, 15) is 9.18 Å². The van der Waals surface area contributed by atoms with Crippen LogP contribution in [-0.2, 0) is 4.79 Å². The van der Waals surface area contributed by atoms with Crippen LogP contribution in [-0.4, -0.2) is 12.5 Å². The van der Waals surface area contributed by atoms with E-state index >= 15 is 0 Å². The van der Waals surface area contributed by atoms with Crippen molar-refractivity contribution in [2.45, 2.75) is 44.9 Å². The van der Waals surface area contributed by atoms with Gasteiger partial charge in [-0.2, -0.15) is 0 Å². The standard InChI is InChI=1S/C16H19ClFNO/c17-13-10-12(18)4-5-14(13)19-9-8-16(11-15(19)20)6-2-1-3-7-16/h4-5,10H,1-3,6-9,11H2. The molecule has 1 saturated heterocycles. The zero-order chi connectivity index (χ0) is 14.2. The zero-order valence-corrected chi connectivity index (χ0v) is 12.3. The van der Waals surface area contributed by atoms with E-state index in [0.717, 1.165) is 6.42 Å². The Morgan fingerprint density at radius 2 is 1.90 bits per heavy atom. The predicted octanol–water partition coefficient (Wildman–Crippen LogP) is 4.56. The summed E-state index contributed by atoms with van der Waals surface area (Å²) in [5.74, 6) is -0.237. The summed E-state index contributed by atoms with van der Waals surface area (Å²) in [6, 6.07) is 4.24. The molecule has 1 aromatic rings. The molecule has 1 spiro atoms. The highest BCUT2D eigenvalue weighted by Gasteiger charge is 2.40. The second-order valence-electron chi connectivity index (χ2n) is 6.13. The van der Waals surface area contributed by atoms with Crippen molar-refractivity contribution in [3.8, 4) is 0 Å². The quantitative estimate of drug-likeness (QED) is 0.744. The lowest BCUT2D eigenvalue weighted by Gasteiger charge is -2.43. The summed E-state index contributed by atoms with van der Waals surface area (Å²) in [6.45, 7) is 0.699. The molecule has 1 aliphatic heterocycles. The maximum Gasteiger partial charge on any atom is 0.227 e. The van der Waals surface area contributed by atoms with E-state index < -0.39 is 0 Å². The van der Waals surface area contributed by atoms with E-state index in [-0.39, 0.29) is 17.1 Å². The smallest absolute Gasteiger partial charge is 0.227 e. The van der Waals surface area contributed by atoms with Crippen molar-refractivity contribution in [3.05, 3.63) is 29.0 Å². The largest absolute Gasteiger partial charge is 0.311 e. The molecule has 0 N–H and O–H groups in total. The summed E-state index contributed by atoms with van der Waals surface area (Å²) >= 11 is 6.07. The lowest BCUT2D eigenvalue weighted by molar-refractivity contribution is -0.123. The van der Waals surface area contributed by atoms with Crippen LogP contribution in [0.2, 0.25) is 5.02 Å². The van der Waals surface area contributed by atoms with Gasteiger partial charge in [-0.25, -0.2) is 4.39 Å². The molecule has 1 saturated carbocycles. The van der Waals surface area contributed by atoms with Gasteiger partial charge in [0.25, 0.3) is 0 Å². The Labute approximate surface area is 123 Å². The highest BCUT2D eigenvalue weighted by atomic mass is 35.5. The van der Waals surface area contributed by atoms with Crippen molar-refractivity contribution in [2.24, 2.45) is 5.41 Å². The van der Waals surface area contributed by atoms with Gasteiger partial charge in [0.1, 0.15) is 5.82 Å². The lowest BCUT2D eigenvalue weighted by Crippen LogP contribution is -2.45. The van der Waals surface area contributed by atoms with Crippen LogP contribution in [0.5, 0.6) is 0 Å². The molecule has 4 heteroatoms. The average Bonchev–Trinajstić information content (AvgIpc) is 2.41. The van der Waals surface area contributed by atoms with Crippen LogP contribution in [0.1, 0.15) is 44.9 Å². The van der Waals surface area contributed by atoms with Crippen LogP contribution >= 0.6 is 11.6 Å². The van der Waals surface area contributed by atoms with Crippen LogP contribution in [0.4, 0.5) is 10.1 Å². The number of carbonyl (C=O) groups is 1. The Morgan fingerprint density at radius 1 is 1.15 bits per heavy atom. The molecule has 108 valence electrons. The second kappa shape index (κ2) is 5.36. The number of hydrogen-bond donors (Lipinski definition) is 0. The van der Waals surface area contributed by atoms with Gasteiger partial charge in [0.2, 0.25) is 5.91 Å². The molecular formula is C16H19ClFNO.